The fourth-order valence-corrected chi connectivity index (χ4v) is 2.37. The number of aliphatic hydroxyl groups is 1. The molecule has 0 fully saturated rings. The Labute approximate surface area is 170 Å². The van der Waals surface area contributed by atoms with Crippen LogP contribution in [0.1, 0.15) is 11.1 Å². The summed E-state index contributed by atoms with van der Waals surface area (Å²) in [5.41, 5.74) is 1.87. The van der Waals surface area contributed by atoms with E-state index in [1.165, 1.54) is 12.1 Å². The van der Waals surface area contributed by atoms with Gasteiger partial charge >= 0.3 is 0 Å². The molecule has 3 N–H and O–H groups in total. The van der Waals surface area contributed by atoms with Gasteiger partial charge in [0.1, 0.15) is 18.2 Å². The zero-order chi connectivity index (χ0) is 17.2. The Hall–Kier alpha value is -1.08. The minimum Gasteiger partial charge on any atom is -0.489 e. The van der Waals surface area contributed by atoms with Crippen LogP contribution < -0.4 is 15.4 Å². The Morgan fingerprint density at radius 1 is 0.962 bits per heavy atom. The maximum absolute atomic E-state index is 12.9. The second-order valence-electron chi connectivity index (χ2n) is 5.32. The van der Waals surface area contributed by atoms with Crippen LogP contribution in [0.25, 0.3) is 0 Å². The third-order valence-corrected chi connectivity index (χ3v) is 3.65. The molecular formula is C18H24Cl3FN2O2. The third kappa shape index (κ3) is 9.03. The first-order valence-electron chi connectivity index (χ1n) is 7.87. The molecule has 26 heavy (non-hydrogen) atoms. The van der Waals surface area contributed by atoms with Gasteiger partial charge in [-0.1, -0.05) is 23.7 Å². The van der Waals surface area contributed by atoms with Gasteiger partial charge in [-0.15, -0.1) is 24.8 Å². The smallest absolute Gasteiger partial charge is 0.124 e. The average Bonchev–Trinajstić information content (AvgIpc) is 2.58. The second-order valence-corrected chi connectivity index (χ2v) is 5.75. The molecule has 4 nitrogen and oxygen atoms in total. The summed E-state index contributed by atoms with van der Waals surface area (Å²) in [6, 6.07) is 11.7. The summed E-state index contributed by atoms with van der Waals surface area (Å²) in [4.78, 5) is 0. The summed E-state index contributed by atoms with van der Waals surface area (Å²) in [5, 5.41) is 15.8. The van der Waals surface area contributed by atoms with Crippen LogP contribution in [-0.4, -0.2) is 31.3 Å². The van der Waals surface area contributed by atoms with E-state index in [1.807, 2.05) is 12.1 Å². The molecule has 0 amide bonds. The number of benzene rings is 2. The molecule has 0 aliphatic rings. The van der Waals surface area contributed by atoms with E-state index in [2.05, 4.69) is 10.6 Å². The van der Waals surface area contributed by atoms with Gasteiger partial charge in [-0.05, 0) is 35.9 Å². The minimum atomic E-state index is -0.259. The quantitative estimate of drug-likeness (QED) is 0.509. The van der Waals surface area contributed by atoms with E-state index in [0.29, 0.717) is 24.7 Å². The van der Waals surface area contributed by atoms with Crippen molar-refractivity contribution in [1.82, 2.24) is 10.6 Å². The van der Waals surface area contributed by atoms with Crippen molar-refractivity contribution in [1.29, 1.82) is 0 Å². The van der Waals surface area contributed by atoms with Crippen molar-refractivity contribution in [2.24, 2.45) is 0 Å². The Kier molecular flexibility index (Phi) is 13.5. The highest BCUT2D eigenvalue weighted by atomic mass is 35.5. The maximum Gasteiger partial charge on any atom is 0.124 e. The van der Waals surface area contributed by atoms with E-state index in [4.69, 9.17) is 21.4 Å². The number of hydrogen-bond donors (Lipinski definition) is 3. The molecule has 0 aromatic heterocycles. The molecule has 0 heterocycles. The van der Waals surface area contributed by atoms with Crippen molar-refractivity contribution in [2.45, 2.75) is 13.2 Å². The number of rotatable bonds is 10. The van der Waals surface area contributed by atoms with E-state index >= 15 is 0 Å². The molecular weight excluding hydrogens is 402 g/mol. The van der Waals surface area contributed by atoms with E-state index in [0.717, 1.165) is 30.0 Å². The first-order chi connectivity index (χ1) is 11.7. The fourth-order valence-electron chi connectivity index (χ4n) is 2.17. The zero-order valence-electron chi connectivity index (χ0n) is 14.2. The molecule has 8 heteroatoms. The van der Waals surface area contributed by atoms with Crippen LogP contribution in [0.4, 0.5) is 4.39 Å². The Bertz CT molecular complexity index is 630. The van der Waals surface area contributed by atoms with E-state index in [9.17, 15) is 4.39 Å². The molecule has 0 aliphatic heterocycles. The molecule has 2 rings (SSSR count). The van der Waals surface area contributed by atoms with Gasteiger partial charge in [-0.25, -0.2) is 4.39 Å². The molecule has 0 bridgehead atoms. The van der Waals surface area contributed by atoms with Crippen LogP contribution in [-0.2, 0) is 13.2 Å². The molecule has 146 valence electrons. The summed E-state index contributed by atoms with van der Waals surface area (Å²) in [6.45, 7) is 3.25. The van der Waals surface area contributed by atoms with Gasteiger partial charge in [0.15, 0.2) is 0 Å². The number of ether oxygens (including phenoxy) is 1. The molecule has 0 unspecified atom stereocenters. The van der Waals surface area contributed by atoms with Crippen molar-refractivity contribution >= 4 is 36.4 Å². The normalized spacial score (nSPS) is 9.96. The highest BCUT2D eigenvalue weighted by Crippen LogP contribution is 2.24. The highest BCUT2D eigenvalue weighted by molar-refractivity contribution is 6.30. The Morgan fingerprint density at radius 3 is 2.35 bits per heavy atom. The number of hydrogen-bond acceptors (Lipinski definition) is 4. The summed E-state index contributed by atoms with van der Waals surface area (Å²) >= 11 is 6.07. The van der Waals surface area contributed by atoms with Crippen LogP contribution in [0.15, 0.2) is 42.5 Å². The molecule has 2 aromatic carbocycles. The Morgan fingerprint density at radius 2 is 1.65 bits per heavy atom. The van der Waals surface area contributed by atoms with Crippen LogP contribution in [0.3, 0.4) is 0 Å². The fraction of sp³-hybridized carbons (Fsp3) is 0.333. The van der Waals surface area contributed by atoms with Gasteiger partial charge in [0.25, 0.3) is 0 Å². The van der Waals surface area contributed by atoms with Gasteiger partial charge in [0.05, 0.1) is 6.61 Å². The first-order valence-corrected chi connectivity index (χ1v) is 8.25. The van der Waals surface area contributed by atoms with Crippen LogP contribution in [0.5, 0.6) is 5.75 Å². The zero-order valence-corrected chi connectivity index (χ0v) is 16.6. The lowest BCUT2D eigenvalue weighted by molar-refractivity contribution is 0.292. The molecule has 0 aliphatic carbocycles. The molecule has 0 saturated carbocycles. The molecule has 0 saturated heterocycles. The third-order valence-electron chi connectivity index (χ3n) is 3.41. The number of halogens is 4. The highest BCUT2D eigenvalue weighted by Gasteiger charge is 2.05. The van der Waals surface area contributed by atoms with Gasteiger partial charge in [0.2, 0.25) is 0 Å². The van der Waals surface area contributed by atoms with Gasteiger partial charge in [0, 0.05) is 36.8 Å². The second kappa shape index (κ2) is 14.0. The van der Waals surface area contributed by atoms with Crippen molar-refractivity contribution in [2.75, 3.05) is 26.2 Å². The van der Waals surface area contributed by atoms with Gasteiger partial charge < -0.3 is 20.5 Å². The van der Waals surface area contributed by atoms with E-state index in [-0.39, 0.29) is 37.2 Å². The topological polar surface area (TPSA) is 53.5 Å². The monoisotopic (exact) mass is 424 g/mol. The summed E-state index contributed by atoms with van der Waals surface area (Å²) < 4.78 is 18.8. The maximum atomic E-state index is 12.9. The largest absolute Gasteiger partial charge is 0.489 e. The lowest BCUT2D eigenvalue weighted by Gasteiger charge is -2.13. The van der Waals surface area contributed by atoms with Crippen molar-refractivity contribution in [3.8, 4) is 5.75 Å². The van der Waals surface area contributed by atoms with Crippen molar-refractivity contribution < 1.29 is 14.2 Å². The first kappa shape index (κ1) is 24.9. The van der Waals surface area contributed by atoms with Gasteiger partial charge in [-0.3, -0.25) is 0 Å². The van der Waals surface area contributed by atoms with Gasteiger partial charge in [-0.2, -0.15) is 0 Å². The van der Waals surface area contributed by atoms with Crippen LogP contribution in [0, 0.1) is 5.82 Å². The lowest BCUT2D eigenvalue weighted by atomic mass is 10.2. The summed E-state index contributed by atoms with van der Waals surface area (Å²) in [6.07, 6.45) is 0. The van der Waals surface area contributed by atoms with Crippen molar-refractivity contribution in [3.05, 3.63) is 64.4 Å². The van der Waals surface area contributed by atoms with E-state index in [1.54, 1.807) is 18.2 Å². The van der Waals surface area contributed by atoms with Crippen LogP contribution >= 0.6 is 36.4 Å². The van der Waals surface area contributed by atoms with E-state index < -0.39 is 0 Å². The predicted molar refractivity (Wildman–Crippen MR) is 108 cm³/mol. The number of nitrogens with one attached hydrogen (secondary N) is 2. The van der Waals surface area contributed by atoms with Crippen molar-refractivity contribution in [3.63, 3.8) is 0 Å². The SMILES string of the molecule is Cl.Cl.OCCNCCNCc1cc(Cl)ccc1OCc1ccc(F)cc1. The molecule has 0 spiro atoms. The molecule has 0 atom stereocenters. The molecule has 2 aromatic rings. The summed E-state index contributed by atoms with van der Waals surface area (Å²) in [5.74, 6) is 0.490. The minimum absolute atomic E-state index is 0. The van der Waals surface area contributed by atoms with Crippen LogP contribution in [0.2, 0.25) is 5.02 Å². The molecule has 0 radical (unpaired) electrons. The average molecular weight is 426 g/mol. The standard InChI is InChI=1S/C18H22ClFN2O2.2ClH/c19-16-3-6-18(24-13-14-1-4-17(20)5-2-14)15(11-16)12-22-8-7-21-9-10-23;;/h1-6,11,21-23H,7-10,12-13H2;2*1H. The number of aliphatic hydroxyl groups excluding tert-OH is 1. The Balaban J connectivity index is 0.00000312. The predicted octanol–water partition coefficient (Wildman–Crippen LogP) is 3.57. The lowest BCUT2D eigenvalue weighted by Crippen LogP contribution is -2.28. The summed E-state index contributed by atoms with van der Waals surface area (Å²) in [7, 11) is 0.